The lowest BCUT2D eigenvalue weighted by atomic mass is 9.46. The molecular weight excluding hydrogens is 364 g/mol. The molecule has 0 N–H and O–H groups in total. The summed E-state index contributed by atoms with van der Waals surface area (Å²) in [5.41, 5.74) is 1.67. The first-order chi connectivity index (χ1) is 13.8. The minimum absolute atomic E-state index is 0.0925. The number of rotatable bonds is 5. The Morgan fingerprint density at radius 1 is 1.07 bits per heavy atom. The van der Waals surface area contributed by atoms with Crippen LogP contribution < -0.4 is 0 Å². The lowest BCUT2D eigenvalue weighted by molar-refractivity contribution is -0.142. The molecule has 4 aliphatic rings. The van der Waals surface area contributed by atoms with Crippen LogP contribution in [0, 0.1) is 34.5 Å². The van der Waals surface area contributed by atoms with E-state index in [1.807, 2.05) is 6.08 Å². The lowest BCUT2D eigenvalue weighted by Gasteiger charge is -2.59. The molecule has 0 spiro atoms. The van der Waals surface area contributed by atoms with Gasteiger partial charge < -0.3 is 4.74 Å². The van der Waals surface area contributed by atoms with Gasteiger partial charge in [0.1, 0.15) is 5.78 Å². The second kappa shape index (κ2) is 7.67. The topological polar surface area (TPSA) is 60.4 Å². The maximum atomic E-state index is 12.6. The molecule has 0 amide bonds. The molecule has 4 nitrogen and oxygen atoms in total. The molecule has 0 unspecified atom stereocenters. The standard InChI is InChI=1S/C25H36O4/c1-16(26)21-7-8-23-20-6-5-18-15-19(28)9-12-24(18,3)22(20)10-13-25(21,23)11-4-14-29-17(2)27/h15,20-23H,4-14H2,1-3H3/t20-,21-,22+,23+,24+,25-/m1/s1. The fourth-order valence-electron chi connectivity index (χ4n) is 8.08. The summed E-state index contributed by atoms with van der Waals surface area (Å²) in [6.45, 7) is 6.12. The molecule has 4 heteroatoms. The summed E-state index contributed by atoms with van der Waals surface area (Å²) in [5.74, 6) is 2.52. The van der Waals surface area contributed by atoms with Gasteiger partial charge in [0.15, 0.2) is 5.78 Å². The van der Waals surface area contributed by atoms with Crippen LogP contribution in [0.25, 0.3) is 0 Å². The van der Waals surface area contributed by atoms with Crippen LogP contribution in [0.3, 0.4) is 0 Å². The van der Waals surface area contributed by atoms with E-state index in [2.05, 4.69) is 6.92 Å². The van der Waals surface area contributed by atoms with E-state index < -0.39 is 0 Å². The quantitative estimate of drug-likeness (QED) is 0.479. The number of carbonyl (C=O) groups excluding carboxylic acids is 3. The molecular formula is C25H36O4. The van der Waals surface area contributed by atoms with Gasteiger partial charge in [-0.15, -0.1) is 0 Å². The zero-order valence-electron chi connectivity index (χ0n) is 18.3. The van der Waals surface area contributed by atoms with Crippen molar-refractivity contribution in [3.8, 4) is 0 Å². The largest absolute Gasteiger partial charge is 0.466 e. The van der Waals surface area contributed by atoms with Crippen LogP contribution >= 0.6 is 0 Å². The number of ketones is 2. The zero-order valence-corrected chi connectivity index (χ0v) is 18.3. The van der Waals surface area contributed by atoms with Crippen molar-refractivity contribution < 1.29 is 19.1 Å². The molecule has 0 aliphatic heterocycles. The number of Topliss-reactive ketones (excluding diaryl/α,β-unsaturated/α-hetero) is 1. The lowest BCUT2D eigenvalue weighted by Crippen LogP contribution is -2.52. The molecule has 0 radical (unpaired) electrons. The number of allylic oxidation sites excluding steroid dienone is 1. The van der Waals surface area contributed by atoms with Crippen LogP contribution in [-0.4, -0.2) is 24.1 Å². The zero-order chi connectivity index (χ0) is 20.8. The molecule has 0 aromatic heterocycles. The fourth-order valence-corrected chi connectivity index (χ4v) is 8.08. The summed E-state index contributed by atoms with van der Waals surface area (Å²) in [5, 5.41) is 0. The van der Waals surface area contributed by atoms with Gasteiger partial charge in [0.25, 0.3) is 0 Å². The van der Waals surface area contributed by atoms with Crippen LogP contribution in [-0.2, 0) is 19.1 Å². The van der Waals surface area contributed by atoms with E-state index >= 15 is 0 Å². The van der Waals surface area contributed by atoms with Crippen molar-refractivity contribution in [1.82, 2.24) is 0 Å². The average Bonchev–Trinajstić information content (AvgIpc) is 3.05. The second-order valence-electron chi connectivity index (χ2n) is 10.4. The van der Waals surface area contributed by atoms with Crippen molar-refractivity contribution >= 4 is 17.5 Å². The van der Waals surface area contributed by atoms with Gasteiger partial charge in [0, 0.05) is 19.3 Å². The first kappa shape index (κ1) is 20.8. The van der Waals surface area contributed by atoms with Crippen molar-refractivity contribution in [2.24, 2.45) is 34.5 Å². The number of hydrogen-bond acceptors (Lipinski definition) is 4. The van der Waals surface area contributed by atoms with E-state index in [0.29, 0.717) is 42.3 Å². The van der Waals surface area contributed by atoms with Crippen molar-refractivity contribution in [1.29, 1.82) is 0 Å². The molecule has 4 aliphatic carbocycles. The number of fused-ring (bicyclic) bond motifs is 5. The molecule has 3 fully saturated rings. The minimum Gasteiger partial charge on any atom is -0.466 e. The third kappa shape index (κ3) is 3.41. The smallest absolute Gasteiger partial charge is 0.302 e. The minimum atomic E-state index is -0.219. The van der Waals surface area contributed by atoms with Crippen LogP contribution in [0.15, 0.2) is 11.6 Å². The summed E-state index contributed by atoms with van der Waals surface area (Å²) in [6, 6.07) is 0. The first-order valence-corrected chi connectivity index (χ1v) is 11.7. The Morgan fingerprint density at radius 3 is 2.59 bits per heavy atom. The van der Waals surface area contributed by atoms with Crippen LogP contribution in [0.4, 0.5) is 0 Å². The highest BCUT2D eigenvalue weighted by Crippen LogP contribution is 2.68. The molecule has 4 rings (SSSR count). The summed E-state index contributed by atoms with van der Waals surface area (Å²) in [7, 11) is 0. The Balaban J connectivity index is 1.59. The van der Waals surface area contributed by atoms with Gasteiger partial charge >= 0.3 is 5.97 Å². The van der Waals surface area contributed by atoms with Crippen molar-refractivity contribution in [3.63, 3.8) is 0 Å². The van der Waals surface area contributed by atoms with Crippen molar-refractivity contribution in [3.05, 3.63) is 11.6 Å². The Morgan fingerprint density at radius 2 is 1.86 bits per heavy atom. The van der Waals surface area contributed by atoms with Crippen molar-refractivity contribution in [2.75, 3.05) is 6.61 Å². The number of ether oxygens (including phenoxy) is 1. The van der Waals surface area contributed by atoms with E-state index in [4.69, 9.17) is 4.74 Å². The highest BCUT2D eigenvalue weighted by molar-refractivity contribution is 5.91. The Hall–Kier alpha value is -1.45. The molecule has 160 valence electrons. The van der Waals surface area contributed by atoms with Crippen LogP contribution in [0.1, 0.15) is 85.0 Å². The van der Waals surface area contributed by atoms with E-state index in [-0.39, 0.29) is 22.7 Å². The normalized spacial score (nSPS) is 41.1. The number of hydrogen-bond donors (Lipinski definition) is 0. The molecule has 0 aromatic rings. The highest BCUT2D eigenvalue weighted by atomic mass is 16.5. The monoisotopic (exact) mass is 400 g/mol. The number of carbonyl (C=O) groups is 3. The predicted octanol–water partition coefficient (Wildman–Crippen LogP) is 5.05. The number of esters is 1. The van der Waals surface area contributed by atoms with Gasteiger partial charge in [-0.2, -0.15) is 0 Å². The molecule has 29 heavy (non-hydrogen) atoms. The third-order valence-electron chi connectivity index (χ3n) is 9.26. The predicted molar refractivity (Wildman–Crippen MR) is 111 cm³/mol. The molecule has 0 aromatic carbocycles. The van der Waals surface area contributed by atoms with Gasteiger partial charge in [-0.3, -0.25) is 14.4 Å². The molecule has 0 bridgehead atoms. The molecule has 0 heterocycles. The first-order valence-electron chi connectivity index (χ1n) is 11.7. The van der Waals surface area contributed by atoms with Gasteiger partial charge in [-0.1, -0.05) is 12.5 Å². The van der Waals surface area contributed by atoms with E-state index in [1.165, 1.54) is 25.3 Å². The summed E-state index contributed by atoms with van der Waals surface area (Å²) in [4.78, 5) is 35.8. The van der Waals surface area contributed by atoms with E-state index in [1.54, 1.807) is 6.92 Å². The maximum Gasteiger partial charge on any atom is 0.302 e. The summed E-state index contributed by atoms with van der Waals surface area (Å²) in [6.07, 6.45) is 12.2. The summed E-state index contributed by atoms with van der Waals surface area (Å²) < 4.78 is 5.21. The summed E-state index contributed by atoms with van der Waals surface area (Å²) >= 11 is 0. The van der Waals surface area contributed by atoms with Gasteiger partial charge in [-0.05, 0) is 99.4 Å². The Kier molecular flexibility index (Phi) is 5.50. The SMILES string of the molecule is CC(=O)OCCC[C@]12CC[C@H]3[C@@H](CCC4=CC(=O)CC[C@@]43C)[C@@H]1CC[C@@H]2C(C)=O. The van der Waals surface area contributed by atoms with Crippen LogP contribution in [0.2, 0.25) is 0 Å². The van der Waals surface area contributed by atoms with Gasteiger partial charge in [0.05, 0.1) is 6.61 Å². The molecule has 6 atom stereocenters. The van der Waals surface area contributed by atoms with E-state index in [9.17, 15) is 14.4 Å². The van der Waals surface area contributed by atoms with Crippen molar-refractivity contribution in [2.45, 2.75) is 85.0 Å². The van der Waals surface area contributed by atoms with Gasteiger partial charge in [-0.25, -0.2) is 0 Å². The van der Waals surface area contributed by atoms with E-state index in [0.717, 1.165) is 44.9 Å². The highest BCUT2D eigenvalue weighted by Gasteiger charge is 2.61. The molecule has 3 saturated carbocycles. The Labute approximate surface area is 174 Å². The maximum absolute atomic E-state index is 12.6. The fraction of sp³-hybridized carbons (Fsp3) is 0.800. The average molecular weight is 401 g/mol. The van der Waals surface area contributed by atoms with Gasteiger partial charge in [0.2, 0.25) is 0 Å². The third-order valence-corrected chi connectivity index (χ3v) is 9.26. The second-order valence-corrected chi connectivity index (χ2v) is 10.4. The molecule has 0 saturated heterocycles. The van der Waals surface area contributed by atoms with Crippen LogP contribution in [0.5, 0.6) is 0 Å². The Bertz CT molecular complexity index is 737.